The first-order valence-corrected chi connectivity index (χ1v) is 11.2. The number of hydrogen-bond acceptors (Lipinski definition) is 4. The van der Waals surface area contributed by atoms with Gasteiger partial charge in [-0.3, -0.25) is 4.79 Å². The number of nitrogens with one attached hydrogen (secondary N) is 1. The maximum atomic E-state index is 12.4. The van der Waals surface area contributed by atoms with E-state index in [-0.39, 0.29) is 5.91 Å². The number of benzene rings is 3. The highest BCUT2D eigenvalue weighted by Crippen LogP contribution is 2.19. The van der Waals surface area contributed by atoms with E-state index in [4.69, 9.17) is 14.5 Å². The fraction of sp³-hybridized carbons (Fsp3) is 0.259. The molecular weight excluding hydrogens is 414 g/mol. The number of fused-ring (bicyclic) bond motifs is 1. The van der Waals surface area contributed by atoms with E-state index in [9.17, 15) is 4.79 Å². The summed E-state index contributed by atoms with van der Waals surface area (Å²) in [5.74, 6) is 2.51. The average Bonchev–Trinajstić information content (AvgIpc) is 3.22. The first-order chi connectivity index (χ1) is 16.2. The molecule has 1 N–H and O–H groups in total. The molecule has 1 heterocycles. The fourth-order valence-electron chi connectivity index (χ4n) is 3.76. The van der Waals surface area contributed by atoms with Gasteiger partial charge in [-0.05, 0) is 54.8 Å². The molecular formula is C27H29N3O3. The first-order valence-electron chi connectivity index (χ1n) is 11.2. The molecule has 0 saturated heterocycles. The van der Waals surface area contributed by atoms with Crippen LogP contribution in [0.15, 0.2) is 78.9 Å². The molecule has 0 fully saturated rings. The number of imidazole rings is 1. The van der Waals surface area contributed by atoms with Crippen molar-refractivity contribution in [3.8, 4) is 11.5 Å². The van der Waals surface area contributed by atoms with E-state index in [1.165, 1.54) is 0 Å². The number of rotatable bonds is 11. The predicted octanol–water partition coefficient (Wildman–Crippen LogP) is 4.76. The van der Waals surface area contributed by atoms with E-state index >= 15 is 0 Å². The summed E-state index contributed by atoms with van der Waals surface area (Å²) < 4.78 is 13.2. The zero-order valence-corrected chi connectivity index (χ0v) is 18.9. The molecule has 33 heavy (non-hydrogen) atoms. The summed E-state index contributed by atoms with van der Waals surface area (Å²) in [6.07, 6.45) is 2.01. The van der Waals surface area contributed by atoms with Crippen LogP contribution in [0.1, 0.15) is 24.2 Å². The summed E-state index contributed by atoms with van der Waals surface area (Å²) in [7, 11) is 1.65. The van der Waals surface area contributed by atoms with Gasteiger partial charge in [0.15, 0.2) is 0 Å². The second-order valence-corrected chi connectivity index (χ2v) is 7.81. The topological polar surface area (TPSA) is 65.4 Å². The number of aromatic nitrogens is 2. The van der Waals surface area contributed by atoms with Crippen molar-refractivity contribution >= 4 is 16.9 Å². The monoisotopic (exact) mass is 443 g/mol. The molecule has 4 rings (SSSR count). The molecule has 0 atom stereocenters. The minimum atomic E-state index is 0.0281. The van der Waals surface area contributed by atoms with Gasteiger partial charge in [0.2, 0.25) is 5.91 Å². The fourth-order valence-corrected chi connectivity index (χ4v) is 3.76. The summed E-state index contributed by atoms with van der Waals surface area (Å²) in [5, 5.41) is 3.03. The number of methoxy groups -OCH3 is 1. The first kappa shape index (κ1) is 22.4. The van der Waals surface area contributed by atoms with Crippen molar-refractivity contribution in [3.63, 3.8) is 0 Å². The molecule has 0 aliphatic heterocycles. The number of hydrogen-bond donors (Lipinski definition) is 1. The summed E-state index contributed by atoms with van der Waals surface area (Å²) in [6, 6.07) is 25.7. The van der Waals surface area contributed by atoms with Crippen molar-refractivity contribution in [1.82, 2.24) is 14.9 Å². The van der Waals surface area contributed by atoms with Crippen LogP contribution in [0.2, 0.25) is 0 Å². The van der Waals surface area contributed by atoms with Gasteiger partial charge in [-0.25, -0.2) is 4.98 Å². The lowest BCUT2D eigenvalue weighted by Gasteiger charge is -2.11. The maximum absolute atomic E-state index is 12.4. The van der Waals surface area contributed by atoms with Crippen molar-refractivity contribution < 1.29 is 14.3 Å². The minimum absolute atomic E-state index is 0.0281. The van der Waals surface area contributed by atoms with Crippen LogP contribution >= 0.6 is 0 Å². The Hall–Kier alpha value is -3.80. The Morgan fingerprint density at radius 1 is 0.939 bits per heavy atom. The maximum Gasteiger partial charge on any atom is 0.220 e. The highest BCUT2D eigenvalue weighted by Gasteiger charge is 2.12. The van der Waals surface area contributed by atoms with Crippen molar-refractivity contribution in [2.24, 2.45) is 0 Å². The van der Waals surface area contributed by atoms with E-state index in [1.54, 1.807) is 7.11 Å². The van der Waals surface area contributed by atoms with Gasteiger partial charge in [0.05, 0.1) is 31.3 Å². The van der Waals surface area contributed by atoms with E-state index < -0.39 is 0 Å². The van der Waals surface area contributed by atoms with Gasteiger partial charge >= 0.3 is 0 Å². The molecule has 0 bridgehead atoms. The molecule has 6 nitrogen and oxygen atoms in total. The lowest BCUT2D eigenvalue weighted by atomic mass is 10.1. The highest BCUT2D eigenvalue weighted by molar-refractivity contribution is 5.77. The lowest BCUT2D eigenvalue weighted by Crippen LogP contribution is -2.25. The number of ether oxygens (including phenoxy) is 2. The molecule has 0 aliphatic carbocycles. The quantitative estimate of drug-likeness (QED) is 0.339. The minimum Gasteiger partial charge on any atom is -0.497 e. The molecule has 170 valence electrons. The Kier molecular flexibility index (Phi) is 7.59. The van der Waals surface area contributed by atoms with Crippen LogP contribution in [0, 0.1) is 0 Å². The van der Waals surface area contributed by atoms with E-state index in [0.29, 0.717) is 19.6 Å². The Labute approximate surface area is 194 Å². The Morgan fingerprint density at radius 3 is 2.45 bits per heavy atom. The molecule has 0 unspecified atom stereocenters. The third-order valence-corrected chi connectivity index (χ3v) is 5.52. The molecule has 3 aromatic carbocycles. The second-order valence-electron chi connectivity index (χ2n) is 7.81. The second kappa shape index (κ2) is 11.2. The Balaban J connectivity index is 1.33. The standard InChI is InChI=1S/C27H29N3O3/c1-32-22-13-15-23(16-14-22)33-19-7-18-30-25-11-6-5-10-24(25)29-26(30)20-28-27(31)17-12-21-8-3-2-4-9-21/h2-6,8-11,13-16H,7,12,17-20H2,1H3,(H,28,31). The number of carbonyl (C=O) groups is 1. The molecule has 1 amide bonds. The number of amides is 1. The van der Waals surface area contributed by atoms with Crippen molar-refractivity contribution in [3.05, 3.63) is 90.3 Å². The molecule has 1 aromatic heterocycles. The average molecular weight is 444 g/mol. The third kappa shape index (κ3) is 6.13. The summed E-state index contributed by atoms with van der Waals surface area (Å²) >= 11 is 0. The molecule has 0 aliphatic rings. The number of nitrogens with zero attached hydrogens (tertiary/aromatic N) is 2. The molecule has 6 heteroatoms. The summed E-state index contributed by atoms with van der Waals surface area (Å²) in [5.41, 5.74) is 3.16. The third-order valence-electron chi connectivity index (χ3n) is 5.52. The van der Waals surface area contributed by atoms with Gasteiger partial charge < -0.3 is 19.4 Å². The summed E-state index contributed by atoms with van der Waals surface area (Å²) in [6.45, 7) is 1.75. The van der Waals surface area contributed by atoms with Gasteiger partial charge in [-0.2, -0.15) is 0 Å². The van der Waals surface area contributed by atoms with Crippen molar-refractivity contribution in [1.29, 1.82) is 0 Å². The molecule has 0 saturated carbocycles. The van der Waals surface area contributed by atoms with Crippen molar-refractivity contribution in [2.45, 2.75) is 32.4 Å². The zero-order chi connectivity index (χ0) is 22.9. The van der Waals surface area contributed by atoms with E-state index in [2.05, 4.69) is 16.0 Å². The Bertz CT molecular complexity index is 1170. The predicted molar refractivity (Wildman–Crippen MR) is 129 cm³/mol. The van der Waals surface area contributed by atoms with Crippen LogP contribution in [0.3, 0.4) is 0 Å². The van der Waals surface area contributed by atoms with E-state index in [0.717, 1.165) is 53.3 Å². The molecule has 0 spiro atoms. The van der Waals surface area contributed by atoms with Gasteiger partial charge in [0.1, 0.15) is 17.3 Å². The zero-order valence-electron chi connectivity index (χ0n) is 18.9. The van der Waals surface area contributed by atoms with Crippen LogP contribution in [0.4, 0.5) is 0 Å². The molecule has 0 radical (unpaired) electrons. The smallest absolute Gasteiger partial charge is 0.220 e. The molecule has 4 aromatic rings. The number of carbonyl (C=O) groups excluding carboxylic acids is 1. The normalized spacial score (nSPS) is 10.8. The van der Waals surface area contributed by atoms with Crippen molar-refractivity contribution in [2.75, 3.05) is 13.7 Å². The summed E-state index contributed by atoms with van der Waals surface area (Å²) in [4.78, 5) is 17.2. The lowest BCUT2D eigenvalue weighted by molar-refractivity contribution is -0.121. The van der Waals surface area contributed by atoms with E-state index in [1.807, 2.05) is 72.8 Å². The van der Waals surface area contributed by atoms with Crippen LogP contribution < -0.4 is 14.8 Å². The largest absolute Gasteiger partial charge is 0.497 e. The van der Waals surface area contributed by atoms with Gasteiger partial charge in [-0.15, -0.1) is 0 Å². The van der Waals surface area contributed by atoms with Crippen LogP contribution in [-0.4, -0.2) is 29.2 Å². The number of aryl methyl sites for hydroxylation is 2. The van der Waals surface area contributed by atoms with Gasteiger partial charge in [-0.1, -0.05) is 42.5 Å². The SMILES string of the molecule is COc1ccc(OCCCn2c(CNC(=O)CCc3ccccc3)nc3ccccc32)cc1. The van der Waals surface area contributed by atoms with Crippen LogP contribution in [0.5, 0.6) is 11.5 Å². The number of para-hydroxylation sites is 2. The van der Waals surface area contributed by atoms with Crippen LogP contribution in [0.25, 0.3) is 11.0 Å². The van der Waals surface area contributed by atoms with Crippen LogP contribution in [-0.2, 0) is 24.3 Å². The van der Waals surface area contributed by atoms with Gasteiger partial charge in [0, 0.05) is 13.0 Å². The Morgan fingerprint density at radius 2 is 1.67 bits per heavy atom. The van der Waals surface area contributed by atoms with Gasteiger partial charge in [0.25, 0.3) is 0 Å². The highest BCUT2D eigenvalue weighted by atomic mass is 16.5.